The van der Waals surface area contributed by atoms with Crippen LogP contribution < -0.4 is 9.47 Å². The van der Waals surface area contributed by atoms with Gasteiger partial charge in [0.25, 0.3) is 0 Å². The second kappa shape index (κ2) is 3.69. The van der Waals surface area contributed by atoms with E-state index in [-0.39, 0.29) is 5.75 Å². The lowest BCUT2D eigenvalue weighted by Gasteiger charge is -2.12. The first-order valence-electron chi connectivity index (χ1n) is 4.48. The lowest BCUT2D eigenvalue weighted by molar-refractivity contribution is 0.296. The van der Waals surface area contributed by atoms with Crippen LogP contribution in [0.15, 0.2) is 10.5 Å². The maximum atomic E-state index is 9.67. The number of phenolic OH excluding ortho intramolecular Hbond substituents is 1. The first-order valence-corrected chi connectivity index (χ1v) is 5.27. The van der Waals surface area contributed by atoms with Crippen molar-refractivity contribution in [2.75, 3.05) is 13.2 Å². The van der Waals surface area contributed by atoms with E-state index in [1.807, 2.05) is 6.92 Å². The second-order valence-corrected chi connectivity index (χ2v) is 4.06. The Morgan fingerprint density at radius 2 is 2.07 bits per heavy atom. The van der Waals surface area contributed by atoms with E-state index in [0.29, 0.717) is 29.2 Å². The van der Waals surface area contributed by atoms with E-state index >= 15 is 0 Å². The summed E-state index contributed by atoms with van der Waals surface area (Å²) in [5.41, 5.74) is 0.719. The van der Waals surface area contributed by atoms with Gasteiger partial charge in [-0.3, -0.25) is 0 Å². The number of phenols is 1. The van der Waals surface area contributed by atoms with Crippen LogP contribution in [0.1, 0.15) is 12.0 Å². The maximum absolute atomic E-state index is 9.67. The molecular weight excluding hydrogens is 248 g/mol. The standard InChI is InChI=1S/C10H11BrO3/c1-6-9(12)7(11)5-8-10(6)14-4-2-3-13-8/h5,12H,2-4H2,1H3. The van der Waals surface area contributed by atoms with E-state index in [4.69, 9.17) is 9.47 Å². The largest absolute Gasteiger partial charge is 0.506 e. The number of benzene rings is 1. The first kappa shape index (κ1) is 9.65. The molecule has 0 saturated heterocycles. The molecule has 0 aliphatic carbocycles. The second-order valence-electron chi connectivity index (χ2n) is 3.21. The minimum absolute atomic E-state index is 0.217. The van der Waals surface area contributed by atoms with Gasteiger partial charge in [0.15, 0.2) is 11.5 Å². The zero-order valence-electron chi connectivity index (χ0n) is 7.84. The molecule has 14 heavy (non-hydrogen) atoms. The van der Waals surface area contributed by atoms with Crippen LogP contribution in [0.2, 0.25) is 0 Å². The molecule has 1 N–H and O–H groups in total. The zero-order valence-corrected chi connectivity index (χ0v) is 9.43. The summed E-state index contributed by atoms with van der Waals surface area (Å²) in [5, 5.41) is 9.67. The van der Waals surface area contributed by atoms with E-state index in [2.05, 4.69) is 15.9 Å². The Hall–Kier alpha value is -0.900. The van der Waals surface area contributed by atoms with Gasteiger partial charge < -0.3 is 14.6 Å². The van der Waals surface area contributed by atoms with Crippen molar-refractivity contribution in [3.8, 4) is 17.2 Å². The van der Waals surface area contributed by atoms with Crippen molar-refractivity contribution < 1.29 is 14.6 Å². The summed E-state index contributed by atoms with van der Waals surface area (Å²) < 4.78 is 11.6. The minimum atomic E-state index is 0.217. The Balaban J connectivity index is 2.55. The molecule has 4 heteroatoms. The Morgan fingerprint density at radius 3 is 2.86 bits per heavy atom. The van der Waals surface area contributed by atoms with Gasteiger partial charge in [-0.2, -0.15) is 0 Å². The summed E-state index contributed by atoms with van der Waals surface area (Å²) >= 11 is 3.27. The highest BCUT2D eigenvalue weighted by Gasteiger charge is 2.17. The molecule has 0 saturated carbocycles. The molecule has 1 aliphatic rings. The minimum Gasteiger partial charge on any atom is -0.506 e. The Morgan fingerprint density at radius 1 is 1.36 bits per heavy atom. The van der Waals surface area contributed by atoms with Crippen molar-refractivity contribution >= 4 is 15.9 Å². The Kier molecular flexibility index (Phi) is 2.54. The van der Waals surface area contributed by atoms with Gasteiger partial charge in [0.1, 0.15) is 5.75 Å². The lowest BCUT2D eigenvalue weighted by atomic mass is 10.2. The van der Waals surface area contributed by atoms with Gasteiger partial charge in [-0.15, -0.1) is 0 Å². The number of fused-ring (bicyclic) bond motifs is 1. The summed E-state index contributed by atoms with van der Waals surface area (Å²) in [6, 6.07) is 1.74. The molecule has 1 aromatic carbocycles. The molecule has 0 fully saturated rings. The highest BCUT2D eigenvalue weighted by molar-refractivity contribution is 9.10. The smallest absolute Gasteiger partial charge is 0.167 e. The average Bonchev–Trinajstić information content (AvgIpc) is 2.39. The number of ether oxygens (including phenoxy) is 2. The van der Waals surface area contributed by atoms with Crippen molar-refractivity contribution in [1.29, 1.82) is 0 Å². The molecular formula is C10H11BrO3. The van der Waals surface area contributed by atoms with Crippen LogP contribution in [-0.2, 0) is 0 Å². The first-order chi connectivity index (χ1) is 6.70. The van der Waals surface area contributed by atoms with Gasteiger partial charge in [-0.1, -0.05) is 0 Å². The predicted octanol–water partition coefficient (Wildman–Crippen LogP) is 2.62. The highest BCUT2D eigenvalue weighted by atomic mass is 79.9. The van der Waals surface area contributed by atoms with E-state index in [1.165, 1.54) is 0 Å². The number of halogens is 1. The van der Waals surface area contributed by atoms with Crippen molar-refractivity contribution in [1.82, 2.24) is 0 Å². The maximum Gasteiger partial charge on any atom is 0.167 e. The fourth-order valence-electron chi connectivity index (χ4n) is 1.42. The molecule has 0 radical (unpaired) electrons. The molecule has 1 aliphatic heterocycles. The van der Waals surface area contributed by atoms with Crippen molar-refractivity contribution in [2.45, 2.75) is 13.3 Å². The van der Waals surface area contributed by atoms with Crippen LogP contribution in [0.3, 0.4) is 0 Å². The summed E-state index contributed by atoms with van der Waals surface area (Å²) in [7, 11) is 0. The molecule has 76 valence electrons. The van der Waals surface area contributed by atoms with Gasteiger partial charge in [-0.05, 0) is 22.9 Å². The average molecular weight is 259 g/mol. The molecule has 0 aromatic heterocycles. The molecule has 1 heterocycles. The Bertz CT molecular complexity index is 363. The molecule has 1 aromatic rings. The van der Waals surface area contributed by atoms with Crippen LogP contribution in [0, 0.1) is 6.92 Å². The SMILES string of the molecule is Cc1c(O)c(Br)cc2c1OCCCO2. The van der Waals surface area contributed by atoms with Crippen LogP contribution in [0.4, 0.5) is 0 Å². The van der Waals surface area contributed by atoms with Crippen molar-refractivity contribution in [3.05, 3.63) is 16.1 Å². The molecule has 0 atom stereocenters. The van der Waals surface area contributed by atoms with Crippen molar-refractivity contribution in [3.63, 3.8) is 0 Å². The van der Waals surface area contributed by atoms with E-state index in [0.717, 1.165) is 12.0 Å². The zero-order chi connectivity index (χ0) is 10.1. The molecule has 3 nitrogen and oxygen atoms in total. The Labute approximate surface area is 90.8 Å². The third-order valence-corrected chi connectivity index (χ3v) is 2.80. The molecule has 0 amide bonds. The molecule has 0 bridgehead atoms. The lowest BCUT2D eigenvalue weighted by Crippen LogP contribution is -1.97. The summed E-state index contributed by atoms with van der Waals surface area (Å²) in [6.07, 6.45) is 0.868. The third-order valence-electron chi connectivity index (χ3n) is 2.20. The molecule has 0 unspecified atom stereocenters. The fraction of sp³-hybridized carbons (Fsp3) is 0.400. The number of hydrogen-bond acceptors (Lipinski definition) is 3. The fourth-order valence-corrected chi connectivity index (χ4v) is 1.93. The van der Waals surface area contributed by atoms with Gasteiger partial charge >= 0.3 is 0 Å². The van der Waals surface area contributed by atoms with Crippen LogP contribution in [-0.4, -0.2) is 18.3 Å². The van der Waals surface area contributed by atoms with E-state index < -0.39 is 0 Å². The van der Waals surface area contributed by atoms with Gasteiger partial charge in [0, 0.05) is 18.1 Å². The van der Waals surface area contributed by atoms with E-state index in [9.17, 15) is 5.11 Å². The summed E-state index contributed by atoms with van der Waals surface area (Å²) in [6.45, 7) is 3.10. The number of hydrogen-bond donors (Lipinski definition) is 1. The van der Waals surface area contributed by atoms with Crippen LogP contribution >= 0.6 is 15.9 Å². The summed E-state index contributed by atoms with van der Waals surface area (Å²) in [4.78, 5) is 0. The van der Waals surface area contributed by atoms with Gasteiger partial charge in [-0.25, -0.2) is 0 Å². The normalized spacial score (nSPS) is 15.0. The monoisotopic (exact) mass is 258 g/mol. The molecule has 2 rings (SSSR count). The van der Waals surface area contributed by atoms with Gasteiger partial charge in [0.05, 0.1) is 17.7 Å². The van der Waals surface area contributed by atoms with Crippen molar-refractivity contribution in [2.24, 2.45) is 0 Å². The predicted molar refractivity (Wildman–Crippen MR) is 56.2 cm³/mol. The quantitative estimate of drug-likeness (QED) is 0.778. The van der Waals surface area contributed by atoms with E-state index in [1.54, 1.807) is 6.07 Å². The number of rotatable bonds is 0. The summed E-state index contributed by atoms with van der Waals surface area (Å²) in [5.74, 6) is 1.57. The molecule has 0 spiro atoms. The van der Waals surface area contributed by atoms with Crippen LogP contribution in [0.5, 0.6) is 17.2 Å². The topological polar surface area (TPSA) is 38.7 Å². The van der Waals surface area contributed by atoms with Crippen LogP contribution in [0.25, 0.3) is 0 Å². The highest BCUT2D eigenvalue weighted by Crippen LogP contribution is 2.42. The third kappa shape index (κ3) is 1.54. The van der Waals surface area contributed by atoms with Gasteiger partial charge in [0.2, 0.25) is 0 Å². The number of aromatic hydroxyl groups is 1.